The average molecular weight is 255 g/mol. The van der Waals surface area contributed by atoms with Crippen molar-refractivity contribution in [2.75, 3.05) is 32.9 Å². The fraction of sp³-hybridized carbons (Fsp3) is 0.600. The highest BCUT2D eigenvalue weighted by Crippen LogP contribution is 2.02. The van der Waals surface area contributed by atoms with Crippen molar-refractivity contribution in [3.8, 4) is 0 Å². The van der Waals surface area contributed by atoms with Gasteiger partial charge in [0.05, 0.1) is 19.8 Å². The standard InChI is InChI=1S/C10H17N5O3/c1-2-18-9(16)7(11)8(14-10(12)13)15-3-5-17-6-4-15/h11H,2-6H2,1H3,(H3,12,13)/b11-7?,14-8+. The van der Waals surface area contributed by atoms with Crippen molar-refractivity contribution in [3.05, 3.63) is 0 Å². The Bertz CT molecular complexity index is 374. The number of hydrogen-bond donors (Lipinski definition) is 3. The smallest absolute Gasteiger partial charge is 0.360 e. The van der Waals surface area contributed by atoms with Crippen LogP contribution >= 0.6 is 0 Å². The molecule has 1 aliphatic heterocycles. The van der Waals surface area contributed by atoms with Gasteiger partial charge >= 0.3 is 5.97 Å². The normalized spacial score (nSPS) is 16.3. The molecule has 0 saturated carbocycles. The molecule has 8 heteroatoms. The van der Waals surface area contributed by atoms with Crippen LogP contribution in [-0.4, -0.2) is 61.3 Å². The van der Waals surface area contributed by atoms with E-state index in [0.717, 1.165) is 0 Å². The Labute approximate surface area is 105 Å². The zero-order chi connectivity index (χ0) is 13.5. The number of ether oxygens (including phenoxy) is 2. The average Bonchev–Trinajstić information content (AvgIpc) is 2.36. The summed E-state index contributed by atoms with van der Waals surface area (Å²) in [5, 5.41) is 14.9. The minimum Gasteiger partial charge on any atom is -0.461 e. The summed E-state index contributed by atoms with van der Waals surface area (Å²) in [4.78, 5) is 16.9. The monoisotopic (exact) mass is 255 g/mol. The van der Waals surface area contributed by atoms with Crippen molar-refractivity contribution in [1.29, 1.82) is 10.8 Å². The van der Waals surface area contributed by atoms with Crippen molar-refractivity contribution in [2.45, 2.75) is 6.92 Å². The summed E-state index contributed by atoms with van der Waals surface area (Å²) in [6.07, 6.45) is 0. The van der Waals surface area contributed by atoms with Crippen molar-refractivity contribution in [2.24, 2.45) is 10.7 Å². The van der Waals surface area contributed by atoms with E-state index >= 15 is 0 Å². The summed E-state index contributed by atoms with van der Waals surface area (Å²) >= 11 is 0. The van der Waals surface area contributed by atoms with Crippen molar-refractivity contribution in [1.82, 2.24) is 4.90 Å². The molecule has 0 amide bonds. The summed E-state index contributed by atoms with van der Waals surface area (Å²) in [5.41, 5.74) is 4.81. The molecular formula is C10H17N5O3. The van der Waals surface area contributed by atoms with E-state index in [1.807, 2.05) is 0 Å². The number of nitrogens with one attached hydrogen (secondary N) is 2. The molecule has 0 aromatic carbocycles. The van der Waals surface area contributed by atoms with E-state index in [9.17, 15) is 4.79 Å². The van der Waals surface area contributed by atoms with Crippen LogP contribution in [0.1, 0.15) is 6.92 Å². The maximum atomic E-state index is 11.5. The van der Waals surface area contributed by atoms with Crippen LogP contribution in [0, 0.1) is 10.8 Å². The minimum atomic E-state index is -0.774. The Morgan fingerprint density at radius 3 is 2.56 bits per heavy atom. The van der Waals surface area contributed by atoms with Gasteiger partial charge in [-0.2, -0.15) is 4.99 Å². The third-order valence-corrected chi connectivity index (χ3v) is 2.24. The molecule has 0 bridgehead atoms. The van der Waals surface area contributed by atoms with Crippen LogP contribution in [0.3, 0.4) is 0 Å². The Morgan fingerprint density at radius 1 is 1.44 bits per heavy atom. The lowest BCUT2D eigenvalue weighted by molar-refractivity contribution is -0.134. The van der Waals surface area contributed by atoms with Crippen molar-refractivity contribution >= 4 is 23.5 Å². The highest BCUT2D eigenvalue weighted by Gasteiger charge is 2.25. The lowest BCUT2D eigenvalue weighted by atomic mass is 10.3. The lowest BCUT2D eigenvalue weighted by Gasteiger charge is -2.29. The number of guanidine groups is 1. The molecule has 0 aromatic rings. The van der Waals surface area contributed by atoms with Crippen LogP contribution < -0.4 is 5.73 Å². The predicted octanol–water partition coefficient (Wildman–Crippen LogP) is -0.807. The van der Waals surface area contributed by atoms with Crippen LogP contribution in [0.2, 0.25) is 0 Å². The molecule has 100 valence electrons. The van der Waals surface area contributed by atoms with Crippen LogP contribution in [0.5, 0.6) is 0 Å². The summed E-state index contributed by atoms with van der Waals surface area (Å²) in [7, 11) is 0. The quantitative estimate of drug-likeness (QED) is 0.345. The first kappa shape index (κ1) is 14.1. The molecule has 0 unspecified atom stereocenters. The van der Waals surface area contributed by atoms with Crippen LogP contribution in [-0.2, 0) is 14.3 Å². The van der Waals surface area contributed by atoms with Gasteiger partial charge in [-0.3, -0.25) is 10.8 Å². The number of morpholine rings is 1. The van der Waals surface area contributed by atoms with Crippen LogP contribution in [0.15, 0.2) is 4.99 Å². The van der Waals surface area contributed by atoms with E-state index in [2.05, 4.69) is 4.99 Å². The van der Waals surface area contributed by atoms with Gasteiger partial charge in [-0.1, -0.05) is 0 Å². The van der Waals surface area contributed by atoms with E-state index in [1.54, 1.807) is 11.8 Å². The number of amidine groups is 1. The fourth-order valence-electron chi connectivity index (χ4n) is 1.47. The number of nitrogens with zero attached hydrogens (tertiary/aromatic N) is 2. The van der Waals surface area contributed by atoms with E-state index in [-0.39, 0.29) is 12.4 Å². The molecule has 0 aromatic heterocycles. The number of esters is 1. The van der Waals surface area contributed by atoms with Gasteiger partial charge in [0, 0.05) is 13.1 Å². The third kappa shape index (κ3) is 3.81. The van der Waals surface area contributed by atoms with Gasteiger partial charge < -0.3 is 20.1 Å². The zero-order valence-corrected chi connectivity index (χ0v) is 10.2. The topological polar surface area (TPSA) is 125 Å². The minimum absolute atomic E-state index is 0.0595. The van der Waals surface area contributed by atoms with E-state index < -0.39 is 17.6 Å². The SMILES string of the molecule is CCOC(=O)C(=N)/C(=N\C(=N)N)N1CCOCC1. The second-order valence-corrected chi connectivity index (χ2v) is 3.52. The third-order valence-electron chi connectivity index (χ3n) is 2.24. The molecule has 1 rings (SSSR count). The van der Waals surface area contributed by atoms with Gasteiger partial charge in [-0.15, -0.1) is 0 Å². The molecule has 1 saturated heterocycles. The van der Waals surface area contributed by atoms with Gasteiger partial charge in [0.15, 0.2) is 11.5 Å². The molecule has 0 aliphatic carbocycles. The summed E-state index contributed by atoms with van der Waals surface area (Å²) < 4.78 is 9.92. The van der Waals surface area contributed by atoms with E-state index in [0.29, 0.717) is 26.3 Å². The Morgan fingerprint density at radius 2 is 2.06 bits per heavy atom. The Kier molecular flexibility index (Phi) is 5.25. The number of rotatable bonds is 3. The molecule has 18 heavy (non-hydrogen) atoms. The summed E-state index contributed by atoms with van der Waals surface area (Å²) in [5.74, 6) is -1.17. The van der Waals surface area contributed by atoms with Crippen LogP contribution in [0.25, 0.3) is 0 Å². The van der Waals surface area contributed by atoms with E-state index in [4.69, 9.17) is 26.0 Å². The fourth-order valence-corrected chi connectivity index (χ4v) is 1.47. The second kappa shape index (κ2) is 6.70. The number of carbonyl (C=O) groups excluding carboxylic acids is 1. The van der Waals surface area contributed by atoms with Gasteiger partial charge in [-0.05, 0) is 6.92 Å². The predicted molar refractivity (Wildman–Crippen MR) is 66.1 cm³/mol. The number of nitrogens with two attached hydrogens (primary N) is 1. The molecule has 0 spiro atoms. The number of hydrogen-bond acceptors (Lipinski definition) is 5. The van der Waals surface area contributed by atoms with E-state index in [1.165, 1.54) is 0 Å². The number of carbonyl (C=O) groups is 1. The maximum absolute atomic E-state index is 11.5. The maximum Gasteiger partial charge on any atom is 0.360 e. The van der Waals surface area contributed by atoms with Gasteiger partial charge in [-0.25, -0.2) is 4.79 Å². The highest BCUT2D eigenvalue weighted by molar-refractivity contribution is 6.64. The van der Waals surface area contributed by atoms with Crippen molar-refractivity contribution < 1.29 is 14.3 Å². The second-order valence-electron chi connectivity index (χ2n) is 3.52. The van der Waals surface area contributed by atoms with Gasteiger partial charge in [0.1, 0.15) is 0 Å². The molecule has 0 atom stereocenters. The Balaban J connectivity index is 2.87. The molecule has 8 nitrogen and oxygen atoms in total. The molecule has 4 N–H and O–H groups in total. The van der Waals surface area contributed by atoms with Gasteiger partial charge in [0.2, 0.25) is 5.96 Å². The molecule has 1 fully saturated rings. The highest BCUT2D eigenvalue weighted by atomic mass is 16.5. The molecule has 0 radical (unpaired) electrons. The number of aliphatic imine (C=N–C) groups is 1. The first-order chi connectivity index (χ1) is 8.56. The largest absolute Gasteiger partial charge is 0.461 e. The molecular weight excluding hydrogens is 238 g/mol. The van der Waals surface area contributed by atoms with Crippen LogP contribution in [0.4, 0.5) is 0 Å². The first-order valence-electron chi connectivity index (χ1n) is 5.57. The molecule has 1 heterocycles. The molecule has 1 aliphatic rings. The lowest BCUT2D eigenvalue weighted by Crippen LogP contribution is -2.47. The van der Waals surface area contributed by atoms with Gasteiger partial charge in [0.25, 0.3) is 0 Å². The summed E-state index contributed by atoms with van der Waals surface area (Å²) in [6.45, 7) is 3.78. The zero-order valence-electron chi connectivity index (χ0n) is 10.2. The summed E-state index contributed by atoms with van der Waals surface area (Å²) in [6, 6.07) is 0. The Hall–Kier alpha value is -1.96. The van der Waals surface area contributed by atoms with Crippen molar-refractivity contribution in [3.63, 3.8) is 0 Å². The first-order valence-corrected chi connectivity index (χ1v) is 5.57.